The van der Waals surface area contributed by atoms with Crippen LogP contribution in [0.2, 0.25) is 0 Å². The van der Waals surface area contributed by atoms with Gasteiger partial charge in [-0.25, -0.2) is 4.79 Å². The maximum Gasteiger partial charge on any atom is 0.415 e. The number of allylic oxidation sites excluding steroid dienone is 2. The average Bonchev–Trinajstić information content (AvgIpc) is 2.88. The SMILES string of the molecule is Cn1ncc2cc(C3=C(Cl)CN(C(=O)OC(C)(C)C)C(Cl)=C3)ccc21. The van der Waals surface area contributed by atoms with E-state index in [1.165, 1.54) is 4.90 Å². The van der Waals surface area contributed by atoms with Crippen LogP contribution in [0.15, 0.2) is 40.7 Å². The third-order valence-corrected chi connectivity index (χ3v) is 4.42. The molecule has 0 radical (unpaired) electrons. The van der Waals surface area contributed by atoms with Crippen molar-refractivity contribution in [1.82, 2.24) is 14.7 Å². The monoisotopic (exact) mass is 379 g/mol. The fourth-order valence-electron chi connectivity index (χ4n) is 2.61. The zero-order valence-corrected chi connectivity index (χ0v) is 16.0. The molecule has 7 heteroatoms. The van der Waals surface area contributed by atoms with E-state index in [-0.39, 0.29) is 11.7 Å². The van der Waals surface area contributed by atoms with E-state index in [0.29, 0.717) is 5.03 Å². The summed E-state index contributed by atoms with van der Waals surface area (Å²) in [5.41, 5.74) is 2.14. The van der Waals surface area contributed by atoms with E-state index in [4.69, 9.17) is 27.9 Å². The van der Waals surface area contributed by atoms with Gasteiger partial charge in [-0.15, -0.1) is 0 Å². The summed E-state index contributed by atoms with van der Waals surface area (Å²) >= 11 is 12.8. The second-order valence-electron chi connectivity index (χ2n) is 6.89. The van der Waals surface area contributed by atoms with E-state index in [2.05, 4.69) is 5.10 Å². The molecule has 2 heterocycles. The third-order valence-electron chi connectivity index (χ3n) is 3.78. The molecule has 0 saturated heterocycles. The van der Waals surface area contributed by atoms with Crippen LogP contribution in [0, 0.1) is 0 Å². The minimum absolute atomic E-state index is 0.173. The first-order valence-electron chi connectivity index (χ1n) is 7.84. The summed E-state index contributed by atoms with van der Waals surface area (Å²) in [7, 11) is 1.89. The molecule has 132 valence electrons. The van der Waals surface area contributed by atoms with E-state index in [9.17, 15) is 4.79 Å². The minimum Gasteiger partial charge on any atom is -0.443 e. The van der Waals surface area contributed by atoms with Crippen LogP contribution in [0.4, 0.5) is 4.79 Å². The highest BCUT2D eigenvalue weighted by Gasteiger charge is 2.28. The number of fused-ring (bicyclic) bond motifs is 1. The normalized spacial score (nSPS) is 15.6. The Bertz CT molecular complexity index is 907. The van der Waals surface area contributed by atoms with Crippen LogP contribution in [0.3, 0.4) is 0 Å². The van der Waals surface area contributed by atoms with Crippen molar-refractivity contribution in [3.05, 3.63) is 46.2 Å². The molecular formula is C18H19Cl2N3O2. The topological polar surface area (TPSA) is 47.4 Å². The highest BCUT2D eigenvalue weighted by molar-refractivity contribution is 6.36. The van der Waals surface area contributed by atoms with Crippen molar-refractivity contribution in [2.24, 2.45) is 7.05 Å². The second-order valence-corrected chi connectivity index (χ2v) is 7.74. The summed E-state index contributed by atoms with van der Waals surface area (Å²) in [6, 6.07) is 5.95. The molecular weight excluding hydrogens is 361 g/mol. The third kappa shape index (κ3) is 3.67. The number of nitrogens with zero attached hydrogens (tertiary/aromatic N) is 3. The standard InChI is InChI=1S/C18H19Cl2N3O2/c1-18(2,3)25-17(24)23-10-14(19)13(8-16(23)20)11-5-6-15-12(7-11)9-21-22(15)4/h5-9H,10H2,1-4H3. The molecule has 25 heavy (non-hydrogen) atoms. The molecule has 1 amide bonds. The van der Waals surface area contributed by atoms with E-state index >= 15 is 0 Å². The highest BCUT2D eigenvalue weighted by atomic mass is 35.5. The lowest BCUT2D eigenvalue weighted by atomic mass is 10.0. The van der Waals surface area contributed by atoms with Crippen molar-refractivity contribution < 1.29 is 9.53 Å². The number of hydrogen-bond donors (Lipinski definition) is 0. The van der Waals surface area contributed by atoms with Gasteiger partial charge in [-0.3, -0.25) is 9.58 Å². The first-order valence-corrected chi connectivity index (χ1v) is 8.60. The van der Waals surface area contributed by atoms with Gasteiger partial charge >= 0.3 is 6.09 Å². The number of aromatic nitrogens is 2. The van der Waals surface area contributed by atoms with Gasteiger partial charge in [-0.1, -0.05) is 29.3 Å². The molecule has 0 aliphatic carbocycles. The molecule has 0 atom stereocenters. The van der Waals surface area contributed by atoms with Gasteiger partial charge in [0.05, 0.1) is 18.3 Å². The molecule has 1 aromatic carbocycles. The Balaban J connectivity index is 1.90. The van der Waals surface area contributed by atoms with Crippen LogP contribution in [-0.2, 0) is 11.8 Å². The van der Waals surface area contributed by atoms with Crippen molar-refractivity contribution >= 4 is 45.8 Å². The van der Waals surface area contributed by atoms with Crippen LogP contribution < -0.4 is 0 Å². The maximum absolute atomic E-state index is 12.3. The molecule has 1 aliphatic heterocycles. The summed E-state index contributed by atoms with van der Waals surface area (Å²) in [5, 5.41) is 6.06. The van der Waals surface area contributed by atoms with Crippen LogP contribution in [-0.4, -0.2) is 32.9 Å². The molecule has 0 N–H and O–H groups in total. The molecule has 0 bridgehead atoms. The lowest BCUT2D eigenvalue weighted by Crippen LogP contribution is -2.37. The number of benzene rings is 1. The van der Waals surface area contributed by atoms with E-state index in [1.54, 1.807) is 33.0 Å². The smallest absolute Gasteiger partial charge is 0.415 e. The second kappa shape index (κ2) is 6.39. The molecule has 0 saturated carbocycles. The van der Waals surface area contributed by atoms with Crippen molar-refractivity contribution in [3.8, 4) is 0 Å². The molecule has 0 fully saturated rings. The maximum atomic E-state index is 12.3. The Hall–Kier alpha value is -1.98. The Labute approximate surface area is 156 Å². The summed E-state index contributed by atoms with van der Waals surface area (Å²) in [6.45, 7) is 5.58. The van der Waals surface area contributed by atoms with E-state index in [0.717, 1.165) is 22.0 Å². The fraction of sp³-hybridized carbons (Fsp3) is 0.333. The van der Waals surface area contributed by atoms with Crippen molar-refractivity contribution in [2.75, 3.05) is 6.54 Å². The lowest BCUT2D eigenvalue weighted by Gasteiger charge is -2.29. The molecule has 1 aliphatic rings. The first kappa shape index (κ1) is 17.8. The number of carbonyl (C=O) groups excluding carboxylic acids is 1. The number of rotatable bonds is 1. The quantitative estimate of drug-likeness (QED) is 0.665. The van der Waals surface area contributed by atoms with Crippen molar-refractivity contribution in [2.45, 2.75) is 26.4 Å². The fourth-order valence-corrected chi connectivity index (χ4v) is 3.14. The van der Waals surface area contributed by atoms with Crippen LogP contribution in [0.25, 0.3) is 16.5 Å². The number of carbonyl (C=O) groups is 1. The first-order chi connectivity index (χ1) is 11.7. The van der Waals surface area contributed by atoms with Crippen molar-refractivity contribution in [1.29, 1.82) is 0 Å². The van der Waals surface area contributed by atoms with Gasteiger partial charge in [0.1, 0.15) is 10.8 Å². The molecule has 1 aromatic heterocycles. The van der Waals surface area contributed by atoms with Gasteiger partial charge in [-0.05, 0) is 44.5 Å². The summed E-state index contributed by atoms with van der Waals surface area (Å²) in [6.07, 6.45) is 2.97. The van der Waals surface area contributed by atoms with E-state index < -0.39 is 11.7 Å². The van der Waals surface area contributed by atoms with Crippen LogP contribution >= 0.6 is 23.2 Å². The largest absolute Gasteiger partial charge is 0.443 e. The van der Waals surface area contributed by atoms with Gasteiger partial charge in [0.25, 0.3) is 0 Å². The van der Waals surface area contributed by atoms with Gasteiger partial charge in [0, 0.05) is 23.0 Å². The van der Waals surface area contributed by atoms with Gasteiger partial charge in [0.2, 0.25) is 0 Å². The van der Waals surface area contributed by atoms with E-state index in [1.807, 2.05) is 29.9 Å². The molecule has 2 aromatic rings. The summed E-state index contributed by atoms with van der Waals surface area (Å²) < 4.78 is 7.18. The predicted molar refractivity (Wildman–Crippen MR) is 100 cm³/mol. The van der Waals surface area contributed by atoms with Crippen molar-refractivity contribution in [3.63, 3.8) is 0 Å². The Kier molecular flexibility index (Phi) is 4.56. The molecule has 3 rings (SSSR count). The molecule has 0 spiro atoms. The summed E-state index contributed by atoms with van der Waals surface area (Å²) in [4.78, 5) is 13.6. The Morgan fingerprint density at radius 1 is 1.28 bits per heavy atom. The lowest BCUT2D eigenvalue weighted by molar-refractivity contribution is 0.0341. The van der Waals surface area contributed by atoms with Gasteiger partial charge in [0.15, 0.2) is 0 Å². The van der Waals surface area contributed by atoms with Gasteiger partial charge in [-0.2, -0.15) is 5.10 Å². The Morgan fingerprint density at radius 3 is 2.68 bits per heavy atom. The Morgan fingerprint density at radius 2 is 2.00 bits per heavy atom. The molecule has 0 unspecified atom stereocenters. The van der Waals surface area contributed by atoms with Gasteiger partial charge < -0.3 is 4.74 Å². The average molecular weight is 380 g/mol. The number of amides is 1. The van der Waals surface area contributed by atoms with Crippen LogP contribution in [0.1, 0.15) is 26.3 Å². The number of hydrogen-bond acceptors (Lipinski definition) is 3. The zero-order chi connectivity index (χ0) is 18.4. The number of aryl methyl sites for hydroxylation is 1. The highest BCUT2D eigenvalue weighted by Crippen LogP contribution is 2.34. The number of halogens is 2. The zero-order valence-electron chi connectivity index (χ0n) is 14.5. The number of ether oxygens (including phenoxy) is 1. The molecule has 5 nitrogen and oxygen atoms in total. The minimum atomic E-state index is -0.601. The van der Waals surface area contributed by atoms with Crippen LogP contribution in [0.5, 0.6) is 0 Å². The predicted octanol–water partition coefficient (Wildman–Crippen LogP) is 4.85. The summed E-state index contributed by atoms with van der Waals surface area (Å²) in [5.74, 6) is 0.